The van der Waals surface area contributed by atoms with Gasteiger partial charge in [-0.1, -0.05) is 11.6 Å². The van der Waals surface area contributed by atoms with Gasteiger partial charge in [0.15, 0.2) is 0 Å². The third kappa shape index (κ3) is 3.34. The number of carbonyl (C=O) groups is 2. The van der Waals surface area contributed by atoms with Gasteiger partial charge in [-0.25, -0.2) is 9.78 Å². The monoisotopic (exact) mass is 354 g/mol. The summed E-state index contributed by atoms with van der Waals surface area (Å²) in [5, 5.41) is 11.8. The molecule has 0 atom stereocenters. The molecule has 0 aliphatic carbocycles. The van der Waals surface area contributed by atoms with Crippen LogP contribution in [0, 0.1) is 0 Å². The van der Waals surface area contributed by atoms with Crippen molar-refractivity contribution in [1.29, 1.82) is 0 Å². The fourth-order valence-electron chi connectivity index (χ4n) is 1.46. The number of carboxylic acids is 1. The van der Waals surface area contributed by atoms with Crippen LogP contribution in [-0.4, -0.2) is 22.0 Å². The summed E-state index contributed by atoms with van der Waals surface area (Å²) in [6.07, 6.45) is 1.31. The average molecular weight is 356 g/mol. The number of carboxylic acid groups (broad SMARTS) is 1. The molecule has 0 unspecified atom stereocenters. The van der Waals surface area contributed by atoms with E-state index in [1.807, 2.05) is 0 Å². The third-order valence-corrected chi connectivity index (χ3v) is 3.66. The molecular formula is C13H8BrClN2O3. The molecular weight excluding hydrogens is 348 g/mol. The molecule has 5 nitrogen and oxygen atoms in total. The van der Waals surface area contributed by atoms with Crippen LogP contribution in [0.4, 0.5) is 5.82 Å². The van der Waals surface area contributed by atoms with Gasteiger partial charge < -0.3 is 10.4 Å². The molecule has 0 aliphatic rings. The maximum Gasteiger partial charge on any atom is 0.335 e. The first kappa shape index (κ1) is 14.5. The van der Waals surface area contributed by atoms with Gasteiger partial charge in [-0.3, -0.25) is 4.79 Å². The van der Waals surface area contributed by atoms with Crippen LogP contribution in [0.2, 0.25) is 5.02 Å². The minimum Gasteiger partial charge on any atom is -0.478 e. The first-order valence-electron chi connectivity index (χ1n) is 5.43. The molecule has 0 saturated heterocycles. The van der Waals surface area contributed by atoms with E-state index in [1.165, 1.54) is 24.4 Å². The van der Waals surface area contributed by atoms with Crippen LogP contribution in [-0.2, 0) is 0 Å². The molecule has 0 bridgehead atoms. The number of nitrogens with zero attached hydrogens (tertiary/aromatic N) is 1. The first-order chi connectivity index (χ1) is 9.47. The van der Waals surface area contributed by atoms with E-state index < -0.39 is 11.9 Å². The van der Waals surface area contributed by atoms with Crippen molar-refractivity contribution in [2.75, 3.05) is 5.32 Å². The Bertz CT molecular complexity index is 691. The fraction of sp³-hybridized carbons (Fsp3) is 0. The minimum atomic E-state index is -1.09. The predicted octanol–water partition coefficient (Wildman–Crippen LogP) is 3.45. The van der Waals surface area contributed by atoms with Crippen LogP contribution in [0.15, 0.2) is 41.0 Å². The maximum absolute atomic E-state index is 12.0. The second-order valence-corrected chi connectivity index (χ2v) is 5.08. The highest BCUT2D eigenvalue weighted by molar-refractivity contribution is 9.10. The number of anilines is 1. The molecule has 0 aliphatic heterocycles. The lowest BCUT2D eigenvalue weighted by Gasteiger charge is -2.06. The Morgan fingerprint density at radius 2 is 1.95 bits per heavy atom. The van der Waals surface area contributed by atoms with Crippen LogP contribution in [0.25, 0.3) is 0 Å². The molecule has 0 saturated carbocycles. The number of amides is 1. The van der Waals surface area contributed by atoms with Crippen molar-refractivity contribution in [1.82, 2.24) is 4.98 Å². The number of benzene rings is 1. The summed E-state index contributed by atoms with van der Waals surface area (Å²) in [6.45, 7) is 0. The molecule has 2 aromatic rings. The number of rotatable bonds is 3. The number of carbonyl (C=O) groups excluding carboxylic acids is 1. The second-order valence-electron chi connectivity index (χ2n) is 3.82. The van der Waals surface area contributed by atoms with Crippen molar-refractivity contribution in [3.63, 3.8) is 0 Å². The van der Waals surface area contributed by atoms with Crippen LogP contribution in [0.5, 0.6) is 0 Å². The Labute approximate surface area is 127 Å². The van der Waals surface area contributed by atoms with Gasteiger partial charge >= 0.3 is 5.97 Å². The lowest BCUT2D eigenvalue weighted by Crippen LogP contribution is -2.13. The zero-order valence-electron chi connectivity index (χ0n) is 9.93. The van der Waals surface area contributed by atoms with Crippen molar-refractivity contribution < 1.29 is 14.7 Å². The first-order valence-corrected chi connectivity index (χ1v) is 6.60. The lowest BCUT2D eigenvalue weighted by molar-refractivity contribution is 0.0696. The van der Waals surface area contributed by atoms with Crippen molar-refractivity contribution >= 4 is 45.2 Å². The van der Waals surface area contributed by atoms with Gasteiger partial charge in [0.2, 0.25) is 0 Å². The summed E-state index contributed by atoms with van der Waals surface area (Å²) < 4.78 is 0.682. The molecule has 2 rings (SSSR count). The summed E-state index contributed by atoms with van der Waals surface area (Å²) in [4.78, 5) is 26.7. The van der Waals surface area contributed by atoms with Crippen LogP contribution >= 0.6 is 27.5 Å². The molecule has 1 heterocycles. The van der Waals surface area contributed by atoms with E-state index in [4.69, 9.17) is 16.7 Å². The van der Waals surface area contributed by atoms with E-state index in [9.17, 15) is 9.59 Å². The fourth-order valence-corrected chi connectivity index (χ4v) is 1.88. The topological polar surface area (TPSA) is 79.3 Å². The van der Waals surface area contributed by atoms with Crippen LogP contribution in [0.3, 0.4) is 0 Å². The zero-order chi connectivity index (χ0) is 14.7. The molecule has 1 amide bonds. The van der Waals surface area contributed by atoms with E-state index in [0.717, 1.165) is 0 Å². The van der Waals surface area contributed by atoms with Crippen molar-refractivity contribution in [2.45, 2.75) is 0 Å². The van der Waals surface area contributed by atoms with E-state index >= 15 is 0 Å². The smallest absolute Gasteiger partial charge is 0.335 e. The standard InChI is InChI=1S/C13H8BrClN2O3/c14-9-2-1-7(5-10(9)15)12(18)17-11-6-8(13(19)20)3-4-16-11/h1-6H,(H,19,20)(H,16,17,18). The Balaban J connectivity index is 2.21. The molecule has 20 heavy (non-hydrogen) atoms. The lowest BCUT2D eigenvalue weighted by atomic mass is 10.2. The van der Waals surface area contributed by atoms with Gasteiger partial charge in [0.25, 0.3) is 5.91 Å². The summed E-state index contributed by atoms with van der Waals surface area (Å²) >= 11 is 9.14. The number of halogens is 2. The highest BCUT2D eigenvalue weighted by atomic mass is 79.9. The molecule has 0 radical (unpaired) electrons. The summed E-state index contributed by atoms with van der Waals surface area (Å²) in [7, 11) is 0. The number of aromatic nitrogens is 1. The van der Waals surface area contributed by atoms with Crippen LogP contribution in [0.1, 0.15) is 20.7 Å². The quantitative estimate of drug-likeness (QED) is 0.884. The minimum absolute atomic E-state index is 0.0455. The highest BCUT2D eigenvalue weighted by Gasteiger charge is 2.10. The molecule has 102 valence electrons. The third-order valence-electron chi connectivity index (χ3n) is 2.43. The number of hydrogen-bond donors (Lipinski definition) is 2. The number of hydrogen-bond acceptors (Lipinski definition) is 3. The normalized spacial score (nSPS) is 10.1. The van der Waals surface area contributed by atoms with Crippen molar-refractivity contribution in [2.24, 2.45) is 0 Å². The number of pyridine rings is 1. The second kappa shape index (κ2) is 6.02. The Kier molecular flexibility index (Phi) is 4.36. The average Bonchev–Trinajstić information content (AvgIpc) is 2.42. The van der Waals surface area contributed by atoms with Gasteiger partial charge in [0.05, 0.1) is 10.6 Å². The van der Waals surface area contributed by atoms with Gasteiger partial charge in [-0.15, -0.1) is 0 Å². The van der Waals surface area contributed by atoms with Gasteiger partial charge in [0.1, 0.15) is 5.82 Å². The highest BCUT2D eigenvalue weighted by Crippen LogP contribution is 2.23. The molecule has 7 heteroatoms. The van der Waals surface area contributed by atoms with Crippen molar-refractivity contribution in [3.8, 4) is 0 Å². The van der Waals surface area contributed by atoms with E-state index in [0.29, 0.717) is 15.1 Å². The number of nitrogens with one attached hydrogen (secondary N) is 1. The van der Waals surface area contributed by atoms with Gasteiger partial charge in [-0.2, -0.15) is 0 Å². The van der Waals surface area contributed by atoms with E-state index in [1.54, 1.807) is 12.1 Å². The molecule has 0 fully saturated rings. The molecule has 2 N–H and O–H groups in total. The Hall–Kier alpha value is -1.92. The zero-order valence-corrected chi connectivity index (χ0v) is 12.3. The Morgan fingerprint density at radius 1 is 1.20 bits per heavy atom. The molecule has 1 aromatic carbocycles. The van der Waals surface area contributed by atoms with Crippen molar-refractivity contribution in [3.05, 3.63) is 57.2 Å². The number of aromatic carboxylic acids is 1. The van der Waals surface area contributed by atoms with Gasteiger partial charge in [-0.05, 0) is 46.3 Å². The largest absolute Gasteiger partial charge is 0.478 e. The van der Waals surface area contributed by atoms with E-state index in [-0.39, 0.29) is 11.4 Å². The predicted molar refractivity (Wildman–Crippen MR) is 78.3 cm³/mol. The van der Waals surface area contributed by atoms with E-state index in [2.05, 4.69) is 26.2 Å². The van der Waals surface area contributed by atoms with Gasteiger partial charge in [0, 0.05) is 16.2 Å². The summed E-state index contributed by atoms with van der Waals surface area (Å²) in [6, 6.07) is 7.36. The summed E-state index contributed by atoms with van der Waals surface area (Å²) in [5.41, 5.74) is 0.393. The maximum atomic E-state index is 12.0. The molecule has 0 spiro atoms. The van der Waals surface area contributed by atoms with Crippen LogP contribution < -0.4 is 5.32 Å². The molecule has 1 aromatic heterocycles. The summed E-state index contributed by atoms with van der Waals surface area (Å²) in [5.74, 6) is -1.35. The Morgan fingerprint density at radius 3 is 2.60 bits per heavy atom. The SMILES string of the molecule is O=C(O)c1ccnc(NC(=O)c2ccc(Br)c(Cl)c2)c1.